The van der Waals surface area contributed by atoms with E-state index in [2.05, 4.69) is 20.7 Å². The van der Waals surface area contributed by atoms with Crippen LogP contribution >= 0.6 is 26.6 Å². The van der Waals surface area contributed by atoms with Crippen molar-refractivity contribution in [1.82, 2.24) is 0 Å². The predicted molar refractivity (Wildman–Crippen MR) is 67.7 cm³/mol. The molecule has 1 aromatic rings. The Kier molecular flexibility index (Phi) is 5.28. The first-order valence-corrected chi connectivity index (χ1v) is 8.09. The molecular weight excluding hydrogens is 370 g/mol. The molecule has 9 heteroatoms. The molecule has 0 fully saturated rings. The van der Waals surface area contributed by atoms with Crippen LogP contribution in [0.1, 0.15) is 23.7 Å². The summed E-state index contributed by atoms with van der Waals surface area (Å²) in [7, 11) is 0.549. The Balaban J connectivity index is 3.46. The van der Waals surface area contributed by atoms with Gasteiger partial charge in [-0.25, -0.2) is 22.0 Å². The van der Waals surface area contributed by atoms with Gasteiger partial charge in [-0.2, -0.15) is 0 Å². The number of benzene rings is 1. The monoisotopic (exact) mass is 376 g/mol. The van der Waals surface area contributed by atoms with Gasteiger partial charge in [0.25, 0.3) is 9.05 Å². The lowest BCUT2D eigenvalue weighted by molar-refractivity contribution is 0.0493. The fourth-order valence-corrected chi connectivity index (χ4v) is 3.60. The van der Waals surface area contributed by atoms with Gasteiger partial charge in [0, 0.05) is 15.2 Å². The molecule has 0 aliphatic heterocycles. The summed E-state index contributed by atoms with van der Waals surface area (Å²) in [6, 6.07) is 0.640. The topological polar surface area (TPSA) is 60.4 Å². The number of hydrogen-bond donors (Lipinski definition) is 0. The summed E-state index contributed by atoms with van der Waals surface area (Å²) in [5.41, 5.74) is -1.09. The molecule has 0 saturated carbocycles. The van der Waals surface area contributed by atoms with Gasteiger partial charge >= 0.3 is 5.97 Å². The van der Waals surface area contributed by atoms with Crippen LogP contribution in [0.3, 0.4) is 0 Å². The third-order valence-corrected chi connectivity index (χ3v) is 4.25. The van der Waals surface area contributed by atoms with Crippen LogP contribution < -0.4 is 0 Å². The Labute approximate surface area is 121 Å². The van der Waals surface area contributed by atoms with Crippen molar-refractivity contribution in [3.05, 3.63) is 27.7 Å². The zero-order chi connectivity index (χ0) is 14.8. The van der Waals surface area contributed by atoms with E-state index in [9.17, 15) is 22.0 Å². The van der Waals surface area contributed by atoms with E-state index in [0.29, 0.717) is 12.5 Å². The van der Waals surface area contributed by atoms with E-state index in [0.717, 1.165) is 0 Å². The summed E-state index contributed by atoms with van der Waals surface area (Å²) < 4.78 is 54.0. The van der Waals surface area contributed by atoms with Crippen molar-refractivity contribution in [2.45, 2.75) is 18.2 Å². The number of halogens is 4. The molecule has 4 nitrogen and oxygen atoms in total. The van der Waals surface area contributed by atoms with Gasteiger partial charge in [-0.1, -0.05) is 6.92 Å². The molecule has 0 aromatic heterocycles. The number of hydrogen-bond acceptors (Lipinski definition) is 4. The number of carbonyl (C=O) groups is 1. The van der Waals surface area contributed by atoms with Gasteiger partial charge in [0.15, 0.2) is 5.82 Å². The van der Waals surface area contributed by atoms with Gasteiger partial charge < -0.3 is 4.74 Å². The Bertz CT molecular complexity index is 618. The van der Waals surface area contributed by atoms with Crippen molar-refractivity contribution in [2.24, 2.45) is 0 Å². The number of carbonyl (C=O) groups excluding carboxylic acids is 1. The minimum Gasteiger partial charge on any atom is -0.462 e. The molecule has 19 heavy (non-hydrogen) atoms. The highest BCUT2D eigenvalue weighted by atomic mass is 79.9. The number of ether oxygens (including phenoxy) is 1. The molecule has 0 atom stereocenters. The summed E-state index contributed by atoms with van der Waals surface area (Å²) >= 11 is 2.67. The Morgan fingerprint density at radius 1 is 1.47 bits per heavy atom. The van der Waals surface area contributed by atoms with Crippen LogP contribution in [-0.4, -0.2) is 21.0 Å². The molecule has 0 spiro atoms. The first kappa shape index (κ1) is 16.3. The lowest BCUT2D eigenvalue weighted by Gasteiger charge is -2.09. The smallest absolute Gasteiger partial charge is 0.344 e. The van der Waals surface area contributed by atoms with Crippen molar-refractivity contribution in [3.8, 4) is 0 Å². The SMILES string of the molecule is CCCOC(=O)c1c(F)cc(Br)c(S(=O)(=O)Cl)c1F. The highest BCUT2D eigenvalue weighted by molar-refractivity contribution is 9.10. The largest absolute Gasteiger partial charge is 0.462 e. The second-order valence-corrected chi connectivity index (χ2v) is 6.79. The van der Waals surface area contributed by atoms with Crippen LogP contribution in [0.15, 0.2) is 15.4 Å². The molecule has 0 aliphatic rings. The van der Waals surface area contributed by atoms with E-state index in [1.807, 2.05) is 0 Å². The van der Waals surface area contributed by atoms with Gasteiger partial charge in [0.1, 0.15) is 16.3 Å². The van der Waals surface area contributed by atoms with Crippen molar-refractivity contribution in [3.63, 3.8) is 0 Å². The second-order valence-electron chi connectivity index (χ2n) is 3.43. The maximum Gasteiger partial charge on any atom is 0.344 e. The van der Waals surface area contributed by atoms with Gasteiger partial charge in [-0.05, 0) is 28.4 Å². The molecule has 0 amide bonds. The summed E-state index contributed by atoms with van der Waals surface area (Å²) in [5, 5.41) is 0. The molecule has 0 radical (unpaired) electrons. The average molecular weight is 378 g/mol. The normalized spacial score (nSPS) is 11.4. The summed E-state index contributed by atoms with van der Waals surface area (Å²) in [6.45, 7) is 1.65. The molecule has 0 saturated heterocycles. The zero-order valence-corrected chi connectivity index (χ0v) is 12.7. The first-order valence-electron chi connectivity index (χ1n) is 4.99. The van der Waals surface area contributed by atoms with Gasteiger partial charge in [0.05, 0.1) is 6.61 Å². The molecule has 1 rings (SSSR count). The Morgan fingerprint density at radius 2 is 2.05 bits per heavy atom. The van der Waals surface area contributed by atoms with Gasteiger partial charge in [-0.3, -0.25) is 0 Å². The fourth-order valence-electron chi connectivity index (χ4n) is 1.25. The standard InChI is InChI=1S/C10H8BrClF2O4S/c1-2-3-18-10(15)7-6(13)4-5(11)9(8(7)14)19(12,16)17/h4H,2-3H2,1H3. The fraction of sp³-hybridized carbons (Fsp3) is 0.300. The highest BCUT2D eigenvalue weighted by Crippen LogP contribution is 2.32. The third-order valence-electron chi connectivity index (χ3n) is 2.01. The maximum atomic E-state index is 13.9. The predicted octanol–water partition coefficient (Wildman–Crippen LogP) is 3.22. The van der Waals surface area contributed by atoms with Crippen molar-refractivity contribution < 1.29 is 26.7 Å². The number of rotatable bonds is 4. The van der Waals surface area contributed by atoms with E-state index < -0.39 is 41.6 Å². The van der Waals surface area contributed by atoms with E-state index in [1.54, 1.807) is 6.92 Å². The van der Waals surface area contributed by atoms with Crippen LogP contribution in [-0.2, 0) is 13.8 Å². The van der Waals surface area contributed by atoms with Crippen molar-refractivity contribution in [2.75, 3.05) is 6.61 Å². The molecule has 0 unspecified atom stereocenters. The highest BCUT2D eigenvalue weighted by Gasteiger charge is 2.29. The molecule has 0 heterocycles. The van der Waals surface area contributed by atoms with E-state index >= 15 is 0 Å². The summed E-state index contributed by atoms with van der Waals surface area (Å²) in [6.07, 6.45) is 0.451. The minimum absolute atomic E-state index is 0.0449. The summed E-state index contributed by atoms with van der Waals surface area (Å²) in [4.78, 5) is 10.5. The third kappa shape index (κ3) is 3.64. The summed E-state index contributed by atoms with van der Waals surface area (Å²) in [5.74, 6) is -4.11. The van der Waals surface area contributed by atoms with Gasteiger partial charge in [-0.15, -0.1) is 0 Å². The molecule has 0 aliphatic carbocycles. The first-order chi connectivity index (χ1) is 8.70. The van der Waals surface area contributed by atoms with Crippen LogP contribution in [0.25, 0.3) is 0 Å². The van der Waals surface area contributed by atoms with E-state index in [4.69, 9.17) is 10.7 Å². The number of esters is 1. The van der Waals surface area contributed by atoms with Crippen LogP contribution in [0.2, 0.25) is 0 Å². The van der Waals surface area contributed by atoms with Crippen molar-refractivity contribution >= 4 is 41.6 Å². The van der Waals surface area contributed by atoms with Crippen LogP contribution in [0.5, 0.6) is 0 Å². The Morgan fingerprint density at radius 3 is 2.53 bits per heavy atom. The maximum absolute atomic E-state index is 13.9. The van der Waals surface area contributed by atoms with Crippen LogP contribution in [0, 0.1) is 11.6 Å². The van der Waals surface area contributed by atoms with E-state index in [1.165, 1.54) is 0 Å². The van der Waals surface area contributed by atoms with E-state index in [-0.39, 0.29) is 6.61 Å². The zero-order valence-electron chi connectivity index (χ0n) is 9.54. The Hall–Kier alpha value is -0.730. The second kappa shape index (κ2) is 6.15. The molecule has 1 aromatic carbocycles. The lowest BCUT2D eigenvalue weighted by atomic mass is 10.2. The van der Waals surface area contributed by atoms with Gasteiger partial charge in [0.2, 0.25) is 0 Å². The molecule has 0 bridgehead atoms. The molecule has 0 N–H and O–H groups in total. The average Bonchev–Trinajstić information content (AvgIpc) is 2.23. The quantitative estimate of drug-likeness (QED) is 0.597. The lowest BCUT2D eigenvalue weighted by Crippen LogP contribution is -2.13. The van der Waals surface area contributed by atoms with Crippen LogP contribution in [0.4, 0.5) is 8.78 Å². The molecular formula is C10H8BrClF2O4S. The molecule has 106 valence electrons. The minimum atomic E-state index is -4.48. The van der Waals surface area contributed by atoms with Crippen molar-refractivity contribution in [1.29, 1.82) is 0 Å².